The van der Waals surface area contributed by atoms with Crippen LogP contribution in [0.4, 0.5) is 5.95 Å². The lowest BCUT2D eigenvalue weighted by molar-refractivity contribution is 0.0903. The Morgan fingerprint density at radius 3 is 2.87 bits per heavy atom. The van der Waals surface area contributed by atoms with E-state index in [4.69, 9.17) is 4.74 Å². The van der Waals surface area contributed by atoms with Crippen molar-refractivity contribution in [3.05, 3.63) is 77.0 Å². The summed E-state index contributed by atoms with van der Waals surface area (Å²) in [5.74, 6) is 0.585. The highest BCUT2D eigenvalue weighted by atomic mass is 16.5. The maximum Gasteiger partial charge on any atom is 0.251 e. The Bertz CT molecular complexity index is 1260. The van der Waals surface area contributed by atoms with E-state index < -0.39 is 0 Å². The van der Waals surface area contributed by atoms with Crippen LogP contribution < -0.4 is 10.9 Å². The molecule has 0 saturated carbocycles. The lowest BCUT2D eigenvalue weighted by atomic mass is 10.1. The van der Waals surface area contributed by atoms with E-state index in [1.165, 1.54) is 0 Å². The van der Waals surface area contributed by atoms with Gasteiger partial charge < -0.3 is 19.6 Å². The monoisotopic (exact) mass is 415 g/mol. The summed E-state index contributed by atoms with van der Waals surface area (Å²) < 4.78 is 7.15. The van der Waals surface area contributed by atoms with Gasteiger partial charge >= 0.3 is 0 Å². The van der Waals surface area contributed by atoms with Crippen molar-refractivity contribution in [1.29, 1.82) is 0 Å². The maximum atomic E-state index is 12.9. The Hall–Kier alpha value is -3.45. The first-order valence-corrected chi connectivity index (χ1v) is 10.6. The molecule has 5 rings (SSSR count). The van der Waals surface area contributed by atoms with Crippen LogP contribution in [0.3, 0.4) is 0 Å². The molecular weight excluding hydrogens is 390 g/mol. The molecule has 0 spiro atoms. The predicted molar refractivity (Wildman–Crippen MR) is 121 cm³/mol. The van der Waals surface area contributed by atoms with Crippen molar-refractivity contribution in [3.8, 4) is 11.3 Å². The molecule has 1 atom stereocenters. The average Bonchev–Trinajstić information content (AvgIpc) is 3.27. The molecule has 0 radical (unpaired) electrons. The Labute approximate surface area is 180 Å². The molecule has 31 heavy (non-hydrogen) atoms. The number of aromatic nitrogens is 4. The van der Waals surface area contributed by atoms with Crippen LogP contribution in [0.25, 0.3) is 22.2 Å². The van der Waals surface area contributed by atoms with Crippen molar-refractivity contribution in [2.45, 2.75) is 31.8 Å². The van der Waals surface area contributed by atoms with Crippen molar-refractivity contribution in [2.75, 3.05) is 18.5 Å². The number of aromatic amines is 1. The van der Waals surface area contributed by atoms with Crippen LogP contribution in [-0.2, 0) is 4.74 Å². The molecule has 1 fully saturated rings. The first-order valence-electron chi connectivity index (χ1n) is 10.6. The third-order valence-corrected chi connectivity index (χ3v) is 5.93. The van der Waals surface area contributed by atoms with Crippen molar-refractivity contribution < 1.29 is 4.74 Å². The molecule has 3 aromatic heterocycles. The molecule has 1 unspecified atom stereocenters. The number of hydrogen-bond donors (Lipinski definition) is 2. The smallest absolute Gasteiger partial charge is 0.251 e. The minimum atomic E-state index is -0.0722. The second-order valence-corrected chi connectivity index (χ2v) is 7.96. The highest BCUT2D eigenvalue weighted by Crippen LogP contribution is 2.23. The summed E-state index contributed by atoms with van der Waals surface area (Å²) in [6.45, 7) is 3.55. The molecule has 0 aliphatic carbocycles. The largest absolute Gasteiger partial charge is 0.381 e. The number of benzene rings is 1. The van der Waals surface area contributed by atoms with Gasteiger partial charge in [-0.2, -0.15) is 0 Å². The van der Waals surface area contributed by atoms with E-state index in [2.05, 4.69) is 38.5 Å². The van der Waals surface area contributed by atoms with Crippen LogP contribution in [0, 0.1) is 0 Å². The van der Waals surface area contributed by atoms with Gasteiger partial charge in [-0.05, 0) is 61.0 Å². The zero-order chi connectivity index (χ0) is 21.2. The standard InChI is InChI=1S/C24H25N5O2/c1-16(17-2-3-21-18(14-17)4-9-25-21)29-11-6-19(15-23(29)30)22-5-10-26-24(28-22)27-20-7-12-31-13-8-20/h2-6,9-11,14-16,20,25H,7-8,12-13H2,1H3,(H,26,27,28). The molecule has 4 aromatic rings. The number of ether oxygens (including phenoxy) is 1. The van der Waals surface area contributed by atoms with Crippen LogP contribution in [0.15, 0.2) is 65.8 Å². The topological polar surface area (TPSA) is 84.8 Å². The molecule has 0 bridgehead atoms. The highest BCUT2D eigenvalue weighted by molar-refractivity contribution is 5.80. The van der Waals surface area contributed by atoms with E-state index in [1.807, 2.05) is 37.5 Å². The van der Waals surface area contributed by atoms with Gasteiger partial charge in [0.05, 0.1) is 11.7 Å². The molecule has 7 heteroatoms. The first-order chi connectivity index (χ1) is 15.2. The van der Waals surface area contributed by atoms with Crippen LogP contribution in [-0.4, -0.2) is 38.8 Å². The van der Waals surface area contributed by atoms with E-state index in [-0.39, 0.29) is 11.6 Å². The zero-order valence-corrected chi connectivity index (χ0v) is 17.4. The van der Waals surface area contributed by atoms with Gasteiger partial charge in [0.15, 0.2) is 0 Å². The second kappa shape index (κ2) is 8.35. The number of rotatable bonds is 5. The van der Waals surface area contributed by atoms with Gasteiger partial charge in [0.1, 0.15) is 0 Å². The Morgan fingerprint density at radius 1 is 1.16 bits per heavy atom. The van der Waals surface area contributed by atoms with Gasteiger partial charge in [-0.3, -0.25) is 4.79 Å². The molecule has 1 aliphatic rings. The van der Waals surface area contributed by atoms with Crippen molar-refractivity contribution in [2.24, 2.45) is 0 Å². The van der Waals surface area contributed by atoms with E-state index in [0.29, 0.717) is 12.0 Å². The van der Waals surface area contributed by atoms with Gasteiger partial charge in [0.25, 0.3) is 5.56 Å². The van der Waals surface area contributed by atoms with E-state index >= 15 is 0 Å². The van der Waals surface area contributed by atoms with E-state index in [0.717, 1.165) is 53.8 Å². The van der Waals surface area contributed by atoms with Crippen molar-refractivity contribution in [1.82, 2.24) is 19.5 Å². The molecule has 1 aromatic carbocycles. The number of H-pyrrole nitrogens is 1. The number of hydrogen-bond acceptors (Lipinski definition) is 5. The fourth-order valence-corrected chi connectivity index (χ4v) is 4.07. The van der Waals surface area contributed by atoms with E-state index in [1.54, 1.807) is 16.8 Å². The third kappa shape index (κ3) is 4.09. The van der Waals surface area contributed by atoms with Crippen molar-refractivity contribution >= 4 is 16.9 Å². The average molecular weight is 415 g/mol. The van der Waals surface area contributed by atoms with E-state index in [9.17, 15) is 4.79 Å². The van der Waals surface area contributed by atoms with Crippen LogP contribution >= 0.6 is 0 Å². The van der Waals surface area contributed by atoms with Crippen LogP contribution in [0.1, 0.15) is 31.4 Å². The molecule has 1 aliphatic heterocycles. The Morgan fingerprint density at radius 2 is 2.03 bits per heavy atom. The van der Waals surface area contributed by atoms with Gasteiger partial charge in [-0.15, -0.1) is 0 Å². The molecule has 4 heterocycles. The van der Waals surface area contributed by atoms with Gasteiger partial charge in [-0.25, -0.2) is 9.97 Å². The minimum Gasteiger partial charge on any atom is -0.381 e. The summed E-state index contributed by atoms with van der Waals surface area (Å²) in [6.07, 6.45) is 7.38. The van der Waals surface area contributed by atoms with Gasteiger partial charge in [-0.1, -0.05) is 6.07 Å². The van der Waals surface area contributed by atoms with Crippen LogP contribution in [0.2, 0.25) is 0 Å². The summed E-state index contributed by atoms with van der Waals surface area (Å²) >= 11 is 0. The molecule has 7 nitrogen and oxygen atoms in total. The number of anilines is 1. The van der Waals surface area contributed by atoms with Gasteiger partial charge in [0.2, 0.25) is 5.95 Å². The fourth-order valence-electron chi connectivity index (χ4n) is 4.07. The third-order valence-electron chi connectivity index (χ3n) is 5.93. The predicted octanol–water partition coefficient (Wildman–Crippen LogP) is 3.99. The highest BCUT2D eigenvalue weighted by Gasteiger charge is 2.15. The normalized spacial score (nSPS) is 15.8. The number of fused-ring (bicyclic) bond motifs is 1. The molecule has 158 valence electrons. The molecular formula is C24H25N5O2. The number of nitrogens with zero attached hydrogens (tertiary/aromatic N) is 3. The maximum absolute atomic E-state index is 12.9. The van der Waals surface area contributed by atoms with Crippen LogP contribution in [0.5, 0.6) is 0 Å². The summed E-state index contributed by atoms with van der Waals surface area (Å²) in [4.78, 5) is 25.1. The molecule has 0 amide bonds. The quantitative estimate of drug-likeness (QED) is 0.515. The van der Waals surface area contributed by atoms with Crippen molar-refractivity contribution in [3.63, 3.8) is 0 Å². The van der Waals surface area contributed by atoms with Gasteiger partial charge in [0, 0.05) is 55.0 Å². The lowest BCUT2D eigenvalue weighted by Gasteiger charge is -2.23. The lowest BCUT2D eigenvalue weighted by Crippen LogP contribution is -2.28. The minimum absolute atomic E-state index is 0.0586. The summed E-state index contributed by atoms with van der Waals surface area (Å²) in [7, 11) is 0. The molecule has 1 saturated heterocycles. The summed E-state index contributed by atoms with van der Waals surface area (Å²) in [5.41, 5.74) is 3.64. The summed E-state index contributed by atoms with van der Waals surface area (Å²) in [5, 5.41) is 4.52. The number of nitrogens with one attached hydrogen (secondary N) is 2. The zero-order valence-electron chi connectivity index (χ0n) is 17.4. The SMILES string of the molecule is CC(c1ccc2[nH]ccc2c1)n1ccc(-c2ccnc(NC3CCOCC3)n2)cc1=O. The fraction of sp³-hybridized carbons (Fsp3) is 0.292. The number of pyridine rings is 1. The molecule has 2 N–H and O–H groups in total. The Kier molecular flexibility index (Phi) is 5.26. The first kappa shape index (κ1) is 19.5. The Balaban J connectivity index is 1.38. The second-order valence-electron chi connectivity index (χ2n) is 7.96. The summed E-state index contributed by atoms with van der Waals surface area (Å²) in [6, 6.07) is 13.9.